The zero-order valence-corrected chi connectivity index (χ0v) is 10.5. The number of aromatic amines is 1. The minimum atomic E-state index is -3.40. The maximum Gasteiger partial charge on any atom is 0.257 e. The Morgan fingerprint density at radius 1 is 1.41 bits per heavy atom. The highest BCUT2D eigenvalue weighted by molar-refractivity contribution is 7.89. The number of H-pyrrole nitrogens is 1. The Morgan fingerprint density at radius 3 is 2.82 bits per heavy atom. The third-order valence-corrected chi connectivity index (χ3v) is 4.46. The Bertz CT molecular complexity index is 423. The predicted octanol–water partition coefficient (Wildman–Crippen LogP) is 0.0777. The van der Waals surface area contributed by atoms with Crippen LogP contribution in [0.15, 0.2) is 17.3 Å². The summed E-state index contributed by atoms with van der Waals surface area (Å²) in [4.78, 5) is 0. The van der Waals surface area contributed by atoms with Gasteiger partial charge in [0.1, 0.15) is 0 Å². The molecule has 1 aromatic heterocycles. The summed E-state index contributed by atoms with van der Waals surface area (Å²) in [5.41, 5.74) is 0. The van der Waals surface area contributed by atoms with E-state index in [-0.39, 0.29) is 5.03 Å². The van der Waals surface area contributed by atoms with Crippen LogP contribution in [-0.4, -0.2) is 38.2 Å². The number of rotatable bonds is 5. The molecule has 0 amide bonds. The molecule has 1 fully saturated rings. The van der Waals surface area contributed by atoms with Crippen molar-refractivity contribution in [2.24, 2.45) is 5.92 Å². The predicted molar refractivity (Wildman–Crippen MR) is 64.0 cm³/mol. The lowest BCUT2D eigenvalue weighted by molar-refractivity contribution is 0.354. The first-order valence-corrected chi connectivity index (χ1v) is 7.36. The average molecular weight is 258 g/mol. The summed E-state index contributed by atoms with van der Waals surface area (Å²) in [6.07, 6.45) is 4.59. The highest BCUT2D eigenvalue weighted by atomic mass is 32.2. The molecule has 0 aromatic carbocycles. The minimum absolute atomic E-state index is 0.128. The molecule has 6 nitrogen and oxygen atoms in total. The maximum atomic E-state index is 11.7. The van der Waals surface area contributed by atoms with Crippen molar-refractivity contribution in [3.63, 3.8) is 0 Å². The van der Waals surface area contributed by atoms with Gasteiger partial charge in [0.25, 0.3) is 10.0 Å². The van der Waals surface area contributed by atoms with E-state index in [2.05, 4.69) is 20.2 Å². The molecule has 0 bridgehead atoms. The fourth-order valence-electron chi connectivity index (χ4n) is 2.04. The van der Waals surface area contributed by atoms with Crippen LogP contribution in [0.5, 0.6) is 0 Å². The molecule has 0 radical (unpaired) electrons. The van der Waals surface area contributed by atoms with Crippen LogP contribution in [0.3, 0.4) is 0 Å². The van der Waals surface area contributed by atoms with Crippen molar-refractivity contribution in [1.29, 1.82) is 0 Å². The second kappa shape index (κ2) is 5.61. The van der Waals surface area contributed by atoms with Gasteiger partial charge in [-0.3, -0.25) is 5.10 Å². The molecule has 7 heteroatoms. The van der Waals surface area contributed by atoms with Crippen LogP contribution in [0.1, 0.15) is 19.3 Å². The van der Waals surface area contributed by atoms with Crippen molar-refractivity contribution in [1.82, 2.24) is 20.2 Å². The zero-order valence-electron chi connectivity index (χ0n) is 9.65. The summed E-state index contributed by atoms with van der Waals surface area (Å²) in [6, 6.07) is 1.45. The Kier molecular flexibility index (Phi) is 4.14. The SMILES string of the molecule is O=S(=O)(NCCC1CCNCC1)c1ccn[nH]1. The topological polar surface area (TPSA) is 86.9 Å². The largest absolute Gasteiger partial charge is 0.317 e. The first-order chi connectivity index (χ1) is 8.18. The Labute approximate surface area is 101 Å². The lowest BCUT2D eigenvalue weighted by atomic mass is 9.95. The highest BCUT2D eigenvalue weighted by Gasteiger charge is 2.17. The minimum Gasteiger partial charge on any atom is -0.317 e. The van der Waals surface area contributed by atoms with Crippen LogP contribution in [0, 0.1) is 5.92 Å². The second-order valence-electron chi connectivity index (χ2n) is 4.30. The van der Waals surface area contributed by atoms with Gasteiger partial charge >= 0.3 is 0 Å². The van der Waals surface area contributed by atoms with E-state index in [9.17, 15) is 8.42 Å². The Morgan fingerprint density at radius 2 is 2.18 bits per heavy atom. The maximum absolute atomic E-state index is 11.7. The lowest BCUT2D eigenvalue weighted by Crippen LogP contribution is -2.31. The molecule has 2 rings (SSSR count). The van der Waals surface area contributed by atoms with Crippen LogP contribution in [-0.2, 0) is 10.0 Å². The van der Waals surface area contributed by atoms with E-state index in [1.54, 1.807) is 0 Å². The summed E-state index contributed by atoms with van der Waals surface area (Å²) in [6.45, 7) is 2.57. The van der Waals surface area contributed by atoms with Crippen molar-refractivity contribution >= 4 is 10.0 Å². The number of nitrogens with one attached hydrogen (secondary N) is 3. The van der Waals surface area contributed by atoms with Crippen LogP contribution in [0.25, 0.3) is 0 Å². The number of piperidine rings is 1. The number of hydrogen-bond acceptors (Lipinski definition) is 4. The van der Waals surface area contributed by atoms with E-state index in [0.717, 1.165) is 32.4 Å². The molecule has 1 saturated heterocycles. The number of aromatic nitrogens is 2. The van der Waals surface area contributed by atoms with E-state index < -0.39 is 10.0 Å². The third-order valence-electron chi connectivity index (χ3n) is 3.07. The van der Waals surface area contributed by atoms with Gasteiger partial charge in [-0.05, 0) is 44.3 Å². The number of sulfonamides is 1. The Hall–Kier alpha value is -0.920. The van der Waals surface area contributed by atoms with Crippen LogP contribution >= 0.6 is 0 Å². The Balaban J connectivity index is 1.78. The van der Waals surface area contributed by atoms with Crippen molar-refractivity contribution in [2.45, 2.75) is 24.3 Å². The van der Waals surface area contributed by atoms with Crippen molar-refractivity contribution in [3.8, 4) is 0 Å². The molecule has 96 valence electrons. The molecule has 0 atom stereocenters. The molecule has 1 aromatic rings. The summed E-state index contributed by atoms with van der Waals surface area (Å²) >= 11 is 0. The normalized spacial score (nSPS) is 18.4. The van der Waals surface area contributed by atoms with E-state index in [0.29, 0.717) is 12.5 Å². The molecule has 3 N–H and O–H groups in total. The van der Waals surface area contributed by atoms with Crippen LogP contribution in [0.2, 0.25) is 0 Å². The average Bonchev–Trinajstić information content (AvgIpc) is 2.84. The molecule has 0 saturated carbocycles. The molecular formula is C10H18N4O2S. The van der Waals surface area contributed by atoms with Crippen molar-refractivity contribution in [3.05, 3.63) is 12.3 Å². The molecule has 1 aliphatic rings. The molecule has 1 aliphatic heterocycles. The summed E-state index contributed by atoms with van der Waals surface area (Å²) < 4.78 is 26.1. The zero-order chi connectivity index (χ0) is 12.1. The van der Waals surface area contributed by atoms with E-state index in [4.69, 9.17) is 0 Å². The highest BCUT2D eigenvalue weighted by Crippen LogP contribution is 2.15. The monoisotopic (exact) mass is 258 g/mol. The summed E-state index contributed by atoms with van der Waals surface area (Å²) in [5, 5.41) is 9.51. The number of nitrogens with zero attached hydrogens (tertiary/aromatic N) is 1. The first-order valence-electron chi connectivity index (χ1n) is 5.88. The standard InChI is InChI=1S/C10H18N4O2S/c15-17(16,10-4-7-12-14-10)13-8-3-9-1-5-11-6-2-9/h4,7,9,11,13H,1-3,5-6,8H2,(H,12,14). The van der Waals surface area contributed by atoms with E-state index >= 15 is 0 Å². The molecule has 0 aliphatic carbocycles. The van der Waals surface area contributed by atoms with E-state index in [1.165, 1.54) is 12.3 Å². The van der Waals surface area contributed by atoms with Gasteiger partial charge in [-0.2, -0.15) is 5.10 Å². The lowest BCUT2D eigenvalue weighted by Gasteiger charge is -2.22. The van der Waals surface area contributed by atoms with Gasteiger partial charge in [0.2, 0.25) is 0 Å². The molecule has 2 heterocycles. The van der Waals surface area contributed by atoms with Crippen molar-refractivity contribution < 1.29 is 8.42 Å². The second-order valence-corrected chi connectivity index (χ2v) is 6.04. The van der Waals surface area contributed by atoms with Gasteiger partial charge in [-0.25, -0.2) is 13.1 Å². The van der Waals surface area contributed by atoms with Gasteiger partial charge in [0.15, 0.2) is 5.03 Å². The van der Waals surface area contributed by atoms with Crippen LogP contribution in [0.4, 0.5) is 0 Å². The van der Waals surface area contributed by atoms with E-state index in [1.807, 2.05) is 0 Å². The molecule has 0 spiro atoms. The fraction of sp³-hybridized carbons (Fsp3) is 0.700. The first kappa shape index (κ1) is 12.5. The van der Waals surface area contributed by atoms with Gasteiger partial charge in [0, 0.05) is 6.54 Å². The quantitative estimate of drug-likeness (QED) is 0.698. The smallest absolute Gasteiger partial charge is 0.257 e. The third kappa shape index (κ3) is 3.52. The fourth-order valence-corrected chi connectivity index (χ4v) is 2.99. The summed E-state index contributed by atoms with van der Waals surface area (Å²) in [5.74, 6) is 0.626. The van der Waals surface area contributed by atoms with Gasteiger partial charge < -0.3 is 5.32 Å². The van der Waals surface area contributed by atoms with Gasteiger partial charge in [-0.1, -0.05) is 0 Å². The van der Waals surface area contributed by atoms with Crippen LogP contribution < -0.4 is 10.0 Å². The molecular weight excluding hydrogens is 240 g/mol. The molecule has 17 heavy (non-hydrogen) atoms. The van der Waals surface area contributed by atoms with Gasteiger partial charge in [0.05, 0.1) is 6.20 Å². The van der Waals surface area contributed by atoms with Gasteiger partial charge in [-0.15, -0.1) is 0 Å². The number of hydrogen-bond donors (Lipinski definition) is 3. The molecule has 0 unspecified atom stereocenters. The van der Waals surface area contributed by atoms with Crippen molar-refractivity contribution in [2.75, 3.05) is 19.6 Å². The summed E-state index contributed by atoms with van der Waals surface area (Å²) in [7, 11) is -3.40.